The van der Waals surface area contributed by atoms with E-state index in [-0.39, 0.29) is 4.75 Å². The highest BCUT2D eigenvalue weighted by molar-refractivity contribution is 8.00. The van der Waals surface area contributed by atoms with Crippen LogP contribution in [0.2, 0.25) is 0 Å². The Balaban J connectivity index is 2.89. The molecule has 0 atom stereocenters. The molecule has 0 aliphatic heterocycles. The molecule has 0 saturated carbocycles. The summed E-state index contributed by atoms with van der Waals surface area (Å²) in [5.41, 5.74) is 1.22. The second kappa shape index (κ2) is 4.22. The third kappa shape index (κ3) is 3.22. The summed E-state index contributed by atoms with van der Waals surface area (Å²) in [6.07, 6.45) is 1.88. The average molecular weight is 211 g/mol. The number of pyridine rings is 1. The van der Waals surface area contributed by atoms with Crippen molar-refractivity contribution in [3.63, 3.8) is 0 Å². The van der Waals surface area contributed by atoms with Gasteiger partial charge in [-0.05, 0) is 12.5 Å². The lowest BCUT2D eigenvalue weighted by molar-refractivity contribution is 0.397. The fraction of sp³-hybridized carbons (Fsp3) is 0.545. The predicted octanol–water partition coefficient (Wildman–Crippen LogP) is 3.29. The SMILES string of the molecule is COc1cc(C)c(SC(C)(C)C)cn1. The molecule has 0 saturated heterocycles. The molecule has 14 heavy (non-hydrogen) atoms. The molecule has 78 valence electrons. The smallest absolute Gasteiger partial charge is 0.213 e. The van der Waals surface area contributed by atoms with E-state index in [9.17, 15) is 0 Å². The van der Waals surface area contributed by atoms with Crippen molar-refractivity contribution in [2.45, 2.75) is 37.3 Å². The van der Waals surface area contributed by atoms with E-state index >= 15 is 0 Å². The van der Waals surface area contributed by atoms with Crippen molar-refractivity contribution in [1.82, 2.24) is 4.98 Å². The maximum Gasteiger partial charge on any atom is 0.213 e. The quantitative estimate of drug-likeness (QED) is 0.701. The van der Waals surface area contributed by atoms with Crippen LogP contribution in [0.5, 0.6) is 5.88 Å². The van der Waals surface area contributed by atoms with E-state index in [2.05, 4.69) is 32.7 Å². The summed E-state index contributed by atoms with van der Waals surface area (Å²) in [4.78, 5) is 5.42. The van der Waals surface area contributed by atoms with Gasteiger partial charge in [-0.3, -0.25) is 0 Å². The Kier molecular flexibility index (Phi) is 3.43. The fourth-order valence-electron chi connectivity index (χ4n) is 1.07. The van der Waals surface area contributed by atoms with Crippen LogP contribution in [0, 0.1) is 6.92 Å². The third-order valence-corrected chi connectivity index (χ3v) is 2.92. The molecule has 3 heteroatoms. The average Bonchev–Trinajstić information content (AvgIpc) is 2.06. The molecule has 0 radical (unpaired) electrons. The molecule has 2 nitrogen and oxygen atoms in total. The van der Waals surface area contributed by atoms with E-state index < -0.39 is 0 Å². The monoisotopic (exact) mass is 211 g/mol. The van der Waals surface area contributed by atoms with Crippen molar-refractivity contribution in [3.05, 3.63) is 17.8 Å². The van der Waals surface area contributed by atoms with Gasteiger partial charge in [0.25, 0.3) is 0 Å². The third-order valence-electron chi connectivity index (χ3n) is 1.66. The van der Waals surface area contributed by atoms with Crippen molar-refractivity contribution < 1.29 is 4.74 Å². The number of nitrogens with zero attached hydrogens (tertiary/aromatic N) is 1. The second-order valence-corrected chi connectivity index (χ2v) is 6.08. The van der Waals surface area contributed by atoms with Gasteiger partial charge >= 0.3 is 0 Å². The van der Waals surface area contributed by atoms with Crippen LogP contribution in [0.1, 0.15) is 26.3 Å². The number of ether oxygens (including phenoxy) is 1. The Morgan fingerprint density at radius 1 is 1.36 bits per heavy atom. The standard InChI is InChI=1S/C11H17NOS/c1-8-6-10(13-5)12-7-9(8)14-11(2,3)4/h6-7H,1-5H3. The van der Waals surface area contributed by atoms with Crippen molar-refractivity contribution in [3.8, 4) is 5.88 Å². The van der Waals surface area contributed by atoms with Gasteiger partial charge in [-0.1, -0.05) is 20.8 Å². The van der Waals surface area contributed by atoms with Crippen LogP contribution >= 0.6 is 11.8 Å². The van der Waals surface area contributed by atoms with E-state index in [0.29, 0.717) is 5.88 Å². The molecule has 0 aliphatic carbocycles. The highest BCUT2D eigenvalue weighted by Crippen LogP contribution is 2.34. The van der Waals surface area contributed by atoms with Crippen LogP contribution in [-0.2, 0) is 0 Å². The largest absolute Gasteiger partial charge is 0.481 e. The Morgan fingerprint density at radius 2 is 2.00 bits per heavy atom. The van der Waals surface area contributed by atoms with Gasteiger partial charge in [0, 0.05) is 21.9 Å². The van der Waals surface area contributed by atoms with Gasteiger partial charge in [0.15, 0.2) is 0 Å². The first-order valence-electron chi connectivity index (χ1n) is 4.62. The molecule has 0 N–H and O–H groups in total. The highest BCUT2D eigenvalue weighted by Gasteiger charge is 2.14. The minimum Gasteiger partial charge on any atom is -0.481 e. The predicted molar refractivity (Wildman–Crippen MR) is 61.1 cm³/mol. The van der Waals surface area contributed by atoms with Crippen LogP contribution in [0.25, 0.3) is 0 Å². The summed E-state index contributed by atoms with van der Waals surface area (Å²) >= 11 is 1.83. The van der Waals surface area contributed by atoms with Crippen LogP contribution in [0.4, 0.5) is 0 Å². The molecule has 1 aromatic rings. The summed E-state index contributed by atoms with van der Waals surface area (Å²) in [7, 11) is 1.64. The summed E-state index contributed by atoms with van der Waals surface area (Å²) in [5.74, 6) is 0.681. The fourth-order valence-corrected chi connectivity index (χ4v) is 2.05. The van der Waals surface area contributed by atoms with Crippen molar-refractivity contribution in [2.75, 3.05) is 7.11 Å². The lowest BCUT2D eigenvalue weighted by Gasteiger charge is -2.18. The summed E-state index contributed by atoms with van der Waals surface area (Å²) in [5, 5.41) is 0. The number of hydrogen-bond acceptors (Lipinski definition) is 3. The van der Waals surface area contributed by atoms with E-state index in [1.807, 2.05) is 24.0 Å². The highest BCUT2D eigenvalue weighted by atomic mass is 32.2. The summed E-state index contributed by atoms with van der Waals surface area (Å²) in [6.45, 7) is 8.67. The first-order chi connectivity index (χ1) is 6.42. The minimum atomic E-state index is 0.223. The number of aromatic nitrogens is 1. The molecule has 0 fully saturated rings. The molecule has 1 aromatic heterocycles. The minimum absolute atomic E-state index is 0.223. The van der Waals surface area contributed by atoms with E-state index in [0.717, 1.165) is 0 Å². The molecule has 0 unspecified atom stereocenters. The van der Waals surface area contributed by atoms with E-state index in [1.54, 1.807) is 7.11 Å². The molecule has 0 aliphatic rings. The zero-order valence-corrected chi connectivity index (χ0v) is 10.2. The molecular weight excluding hydrogens is 194 g/mol. The number of hydrogen-bond donors (Lipinski definition) is 0. The zero-order valence-electron chi connectivity index (χ0n) is 9.42. The first-order valence-corrected chi connectivity index (χ1v) is 5.43. The molecule has 0 spiro atoms. The first kappa shape index (κ1) is 11.4. The number of rotatable bonds is 2. The molecule has 0 bridgehead atoms. The van der Waals surface area contributed by atoms with Crippen LogP contribution < -0.4 is 4.74 Å². The van der Waals surface area contributed by atoms with Crippen LogP contribution in [0.15, 0.2) is 17.2 Å². The van der Waals surface area contributed by atoms with Crippen molar-refractivity contribution in [1.29, 1.82) is 0 Å². The van der Waals surface area contributed by atoms with Crippen LogP contribution in [-0.4, -0.2) is 16.8 Å². The van der Waals surface area contributed by atoms with E-state index in [1.165, 1.54) is 10.5 Å². The van der Waals surface area contributed by atoms with Gasteiger partial charge in [0.1, 0.15) is 0 Å². The molecular formula is C11H17NOS. The van der Waals surface area contributed by atoms with Gasteiger partial charge in [-0.2, -0.15) is 0 Å². The van der Waals surface area contributed by atoms with Crippen molar-refractivity contribution in [2.24, 2.45) is 0 Å². The Hall–Kier alpha value is -0.700. The van der Waals surface area contributed by atoms with Gasteiger partial charge in [-0.25, -0.2) is 4.98 Å². The number of methoxy groups -OCH3 is 1. The summed E-state index contributed by atoms with van der Waals surface area (Å²) in [6, 6.07) is 1.97. The normalized spacial score (nSPS) is 11.5. The number of aryl methyl sites for hydroxylation is 1. The number of thioether (sulfide) groups is 1. The maximum atomic E-state index is 5.06. The summed E-state index contributed by atoms with van der Waals surface area (Å²) < 4.78 is 5.28. The lowest BCUT2D eigenvalue weighted by Crippen LogP contribution is -2.07. The Morgan fingerprint density at radius 3 is 2.43 bits per heavy atom. The Labute approximate surface area is 90.1 Å². The van der Waals surface area contributed by atoms with Gasteiger partial charge in [0.2, 0.25) is 5.88 Å². The zero-order chi connectivity index (χ0) is 10.8. The van der Waals surface area contributed by atoms with Crippen molar-refractivity contribution >= 4 is 11.8 Å². The van der Waals surface area contributed by atoms with E-state index in [4.69, 9.17) is 4.74 Å². The molecule has 0 aromatic carbocycles. The molecule has 1 rings (SSSR count). The van der Waals surface area contributed by atoms with Gasteiger partial charge in [0.05, 0.1) is 7.11 Å². The molecule has 0 amide bonds. The second-order valence-electron chi connectivity index (χ2n) is 4.21. The van der Waals surface area contributed by atoms with Gasteiger partial charge < -0.3 is 4.74 Å². The molecule has 1 heterocycles. The van der Waals surface area contributed by atoms with Gasteiger partial charge in [-0.15, -0.1) is 11.8 Å². The Bertz CT molecular complexity index is 318. The topological polar surface area (TPSA) is 22.1 Å². The lowest BCUT2D eigenvalue weighted by atomic mass is 10.3. The van der Waals surface area contributed by atoms with Crippen LogP contribution in [0.3, 0.4) is 0 Å². The maximum absolute atomic E-state index is 5.06.